The summed E-state index contributed by atoms with van der Waals surface area (Å²) in [7, 11) is 1.67. The Bertz CT molecular complexity index is 899. The number of carbonyl (C=O) groups excluding carboxylic acids is 1. The Morgan fingerprint density at radius 2 is 2.23 bits per heavy atom. The normalized spacial score (nSPS) is 19.3. The van der Waals surface area contributed by atoms with Crippen LogP contribution in [-0.2, 0) is 20.0 Å². The maximum atomic E-state index is 13.1. The predicted octanol–water partition coefficient (Wildman–Crippen LogP) is 1.56. The van der Waals surface area contributed by atoms with Gasteiger partial charge in [0.1, 0.15) is 11.6 Å². The largest absolute Gasteiger partial charge is 0.492 e. The van der Waals surface area contributed by atoms with Gasteiger partial charge in [-0.2, -0.15) is 5.10 Å². The van der Waals surface area contributed by atoms with E-state index < -0.39 is 0 Å². The molecule has 1 fully saturated rings. The smallest absolute Gasteiger partial charge is 0.345 e. The van der Waals surface area contributed by atoms with Gasteiger partial charge in [-0.15, -0.1) is 0 Å². The van der Waals surface area contributed by atoms with Crippen LogP contribution in [0.1, 0.15) is 47.4 Å². The molecule has 1 amide bonds. The van der Waals surface area contributed by atoms with Gasteiger partial charge in [0.25, 0.3) is 5.91 Å². The first-order valence-corrected chi connectivity index (χ1v) is 9.27. The maximum absolute atomic E-state index is 13.1. The summed E-state index contributed by atoms with van der Waals surface area (Å²) in [5.74, 6) is 1.61. The van der Waals surface area contributed by atoms with E-state index in [1.54, 1.807) is 11.6 Å². The Kier molecular flexibility index (Phi) is 4.30. The molecule has 4 rings (SSSR count). The number of fused-ring (bicyclic) bond motifs is 1. The van der Waals surface area contributed by atoms with E-state index in [0.717, 1.165) is 42.9 Å². The van der Waals surface area contributed by atoms with Crippen molar-refractivity contribution in [3.63, 3.8) is 0 Å². The Morgan fingerprint density at radius 3 is 3.04 bits per heavy atom. The molecular formula is C19H24N4O3. The van der Waals surface area contributed by atoms with Crippen LogP contribution in [0.3, 0.4) is 0 Å². The van der Waals surface area contributed by atoms with Crippen LogP contribution in [0.4, 0.5) is 0 Å². The van der Waals surface area contributed by atoms with Crippen LogP contribution < -0.4 is 10.4 Å². The number of rotatable bonds is 3. The molecule has 7 nitrogen and oxygen atoms in total. The second-order valence-electron chi connectivity index (χ2n) is 6.99. The second kappa shape index (κ2) is 6.63. The minimum absolute atomic E-state index is 0.00905. The molecule has 0 saturated carbocycles. The third-order valence-electron chi connectivity index (χ3n) is 5.37. The zero-order chi connectivity index (χ0) is 18.3. The van der Waals surface area contributed by atoms with Gasteiger partial charge in [-0.25, -0.2) is 9.48 Å². The minimum Gasteiger partial charge on any atom is -0.492 e. The molecule has 2 aliphatic heterocycles. The Labute approximate surface area is 152 Å². The molecule has 138 valence electrons. The van der Waals surface area contributed by atoms with E-state index in [1.807, 2.05) is 30.0 Å². The van der Waals surface area contributed by atoms with Gasteiger partial charge in [0.15, 0.2) is 0 Å². The summed E-state index contributed by atoms with van der Waals surface area (Å²) >= 11 is 0. The molecule has 0 N–H and O–H groups in total. The van der Waals surface area contributed by atoms with Crippen molar-refractivity contribution in [2.75, 3.05) is 19.7 Å². The molecule has 1 aromatic carbocycles. The van der Waals surface area contributed by atoms with Gasteiger partial charge < -0.3 is 9.64 Å². The number of para-hydroxylation sites is 1. The number of likely N-dealkylation sites (tertiary alicyclic amines) is 1. The maximum Gasteiger partial charge on any atom is 0.345 e. The van der Waals surface area contributed by atoms with Gasteiger partial charge >= 0.3 is 5.69 Å². The van der Waals surface area contributed by atoms with E-state index in [-0.39, 0.29) is 17.5 Å². The highest BCUT2D eigenvalue weighted by Crippen LogP contribution is 2.32. The number of ether oxygens (including phenoxy) is 1. The Morgan fingerprint density at radius 1 is 1.38 bits per heavy atom. The van der Waals surface area contributed by atoms with Gasteiger partial charge in [-0.3, -0.25) is 9.36 Å². The summed E-state index contributed by atoms with van der Waals surface area (Å²) < 4.78 is 8.80. The molecule has 2 aliphatic rings. The van der Waals surface area contributed by atoms with Crippen LogP contribution in [0, 0.1) is 0 Å². The molecule has 7 heteroatoms. The topological polar surface area (TPSA) is 69.4 Å². The highest BCUT2D eigenvalue weighted by molar-refractivity contribution is 5.97. The number of hydrogen-bond donors (Lipinski definition) is 0. The van der Waals surface area contributed by atoms with Crippen LogP contribution in [0.2, 0.25) is 0 Å². The number of benzene rings is 1. The molecule has 0 aliphatic carbocycles. The molecule has 1 saturated heterocycles. The van der Waals surface area contributed by atoms with E-state index in [4.69, 9.17) is 4.74 Å². The fraction of sp³-hybridized carbons (Fsp3) is 0.526. The number of carbonyl (C=O) groups is 1. The average molecular weight is 356 g/mol. The van der Waals surface area contributed by atoms with Crippen LogP contribution in [-0.4, -0.2) is 44.9 Å². The molecule has 0 bridgehead atoms. The number of aromatic nitrogens is 3. The van der Waals surface area contributed by atoms with Crippen molar-refractivity contribution in [3.8, 4) is 5.75 Å². The van der Waals surface area contributed by atoms with Gasteiger partial charge in [0, 0.05) is 39.0 Å². The molecule has 2 aromatic rings. The lowest BCUT2D eigenvalue weighted by Crippen LogP contribution is -2.40. The van der Waals surface area contributed by atoms with Crippen LogP contribution in [0.15, 0.2) is 23.0 Å². The third kappa shape index (κ3) is 2.71. The lowest BCUT2D eigenvalue weighted by atomic mass is 9.96. The van der Waals surface area contributed by atoms with Crippen molar-refractivity contribution in [1.82, 2.24) is 19.2 Å². The SMILES string of the molecule is CCn1c([C@H]2CCCN(C(=O)c3cccc4c3OCC4)C2)nn(C)c1=O. The van der Waals surface area contributed by atoms with Crippen molar-refractivity contribution in [2.24, 2.45) is 7.05 Å². The van der Waals surface area contributed by atoms with Crippen molar-refractivity contribution in [3.05, 3.63) is 45.6 Å². The first-order chi connectivity index (χ1) is 12.6. The van der Waals surface area contributed by atoms with E-state index >= 15 is 0 Å². The molecule has 0 radical (unpaired) electrons. The number of nitrogens with zero attached hydrogens (tertiary/aromatic N) is 4. The van der Waals surface area contributed by atoms with Crippen LogP contribution >= 0.6 is 0 Å². The zero-order valence-corrected chi connectivity index (χ0v) is 15.3. The quantitative estimate of drug-likeness (QED) is 0.837. The molecule has 1 atom stereocenters. The van der Waals surface area contributed by atoms with E-state index in [2.05, 4.69) is 5.10 Å². The lowest BCUT2D eigenvalue weighted by molar-refractivity contribution is 0.0699. The standard InChI is InChI=1S/C19H24N4O3/c1-3-23-17(20-21(2)19(23)25)14-7-5-10-22(12-14)18(24)15-8-4-6-13-9-11-26-16(13)15/h4,6,8,14H,3,5,7,9-12H2,1-2H3/t14-/m0/s1. The summed E-state index contributed by atoms with van der Waals surface area (Å²) in [6, 6.07) is 5.79. The number of hydrogen-bond acceptors (Lipinski definition) is 4. The van der Waals surface area contributed by atoms with Crippen LogP contribution in [0.5, 0.6) is 5.75 Å². The van der Waals surface area contributed by atoms with Gasteiger partial charge in [0.05, 0.1) is 12.2 Å². The van der Waals surface area contributed by atoms with Crippen molar-refractivity contribution in [2.45, 2.75) is 38.6 Å². The monoisotopic (exact) mass is 356 g/mol. The summed E-state index contributed by atoms with van der Waals surface area (Å²) in [4.78, 5) is 27.2. The van der Waals surface area contributed by atoms with Crippen molar-refractivity contribution < 1.29 is 9.53 Å². The van der Waals surface area contributed by atoms with Crippen molar-refractivity contribution in [1.29, 1.82) is 0 Å². The fourth-order valence-electron chi connectivity index (χ4n) is 4.05. The van der Waals surface area contributed by atoms with Crippen LogP contribution in [0.25, 0.3) is 0 Å². The number of aryl methyl sites for hydroxylation is 1. The minimum atomic E-state index is -0.0970. The molecule has 26 heavy (non-hydrogen) atoms. The third-order valence-corrected chi connectivity index (χ3v) is 5.37. The molecule has 3 heterocycles. The summed E-state index contributed by atoms with van der Waals surface area (Å²) in [6.45, 7) is 4.48. The highest BCUT2D eigenvalue weighted by atomic mass is 16.5. The van der Waals surface area contributed by atoms with Crippen molar-refractivity contribution >= 4 is 5.91 Å². The second-order valence-corrected chi connectivity index (χ2v) is 6.99. The first kappa shape index (κ1) is 16.9. The summed E-state index contributed by atoms with van der Waals surface area (Å²) in [6.07, 6.45) is 2.69. The predicted molar refractivity (Wildman–Crippen MR) is 96.7 cm³/mol. The molecule has 0 unspecified atom stereocenters. The van der Waals surface area contributed by atoms with Gasteiger partial charge in [-0.05, 0) is 31.4 Å². The zero-order valence-electron chi connectivity index (χ0n) is 15.3. The van der Waals surface area contributed by atoms with E-state index in [0.29, 0.717) is 25.3 Å². The van der Waals surface area contributed by atoms with E-state index in [9.17, 15) is 9.59 Å². The Balaban J connectivity index is 1.60. The highest BCUT2D eigenvalue weighted by Gasteiger charge is 2.31. The molecular weight excluding hydrogens is 332 g/mol. The summed E-state index contributed by atoms with van der Waals surface area (Å²) in [5, 5.41) is 4.43. The van der Waals surface area contributed by atoms with E-state index in [1.165, 1.54) is 4.68 Å². The average Bonchev–Trinajstić information content (AvgIpc) is 3.26. The molecule has 1 aromatic heterocycles. The molecule has 0 spiro atoms. The number of amides is 1. The summed E-state index contributed by atoms with van der Waals surface area (Å²) in [5.41, 5.74) is 1.66. The lowest BCUT2D eigenvalue weighted by Gasteiger charge is -2.32. The van der Waals surface area contributed by atoms with Gasteiger partial charge in [-0.1, -0.05) is 12.1 Å². The number of piperidine rings is 1. The van der Waals surface area contributed by atoms with Gasteiger partial charge in [0.2, 0.25) is 0 Å². The fourth-order valence-corrected chi connectivity index (χ4v) is 4.05. The first-order valence-electron chi connectivity index (χ1n) is 9.27. The Hall–Kier alpha value is -2.57.